The van der Waals surface area contributed by atoms with Crippen LogP contribution < -0.4 is 10.1 Å². The van der Waals surface area contributed by atoms with Crippen molar-refractivity contribution in [2.24, 2.45) is 17.3 Å². The van der Waals surface area contributed by atoms with Gasteiger partial charge in [0.15, 0.2) is 0 Å². The van der Waals surface area contributed by atoms with Crippen molar-refractivity contribution in [2.75, 3.05) is 26.2 Å². The lowest BCUT2D eigenvalue weighted by molar-refractivity contribution is -0.143. The Kier molecular flexibility index (Phi) is 9.65. The number of carbonyl (C=O) groups excluding carboxylic acids is 3. The highest BCUT2D eigenvalue weighted by Gasteiger charge is 2.34. The smallest absolute Gasteiger partial charge is 0.242 e. The van der Waals surface area contributed by atoms with Gasteiger partial charge in [-0.3, -0.25) is 14.4 Å². The van der Waals surface area contributed by atoms with Gasteiger partial charge in [-0.15, -0.1) is 0 Å². The molecule has 0 unspecified atom stereocenters. The van der Waals surface area contributed by atoms with Gasteiger partial charge >= 0.3 is 0 Å². The van der Waals surface area contributed by atoms with Crippen molar-refractivity contribution < 1.29 is 19.1 Å². The molecule has 7 heteroatoms. The number of fused-ring (bicyclic) bond motifs is 3. The standard InChI is InChI=1S/C32H43N3O4/c1-32(2,3)19-30(37)35-22-27-12-7-8-14-28(27)39-17-9-13-26-21-34(31(38)23-35)16-15-25(26)18-29(36)33-20-24-10-5-4-6-11-24/h4-8,10-12,14,25-26H,9,13,15-23H2,1-3H3,(H,33,36)/t25-,26-/m0/s1. The molecule has 39 heavy (non-hydrogen) atoms. The number of para-hydroxylation sites is 1. The molecule has 2 heterocycles. The van der Waals surface area contributed by atoms with Crippen LogP contribution in [0.25, 0.3) is 0 Å². The molecule has 0 saturated carbocycles. The third-order valence-corrected chi connectivity index (χ3v) is 7.70. The molecule has 3 amide bonds. The summed E-state index contributed by atoms with van der Waals surface area (Å²) < 4.78 is 6.18. The molecule has 2 aromatic rings. The summed E-state index contributed by atoms with van der Waals surface area (Å²) in [5.74, 6) is 1.19. The topological polar surface area (TPSA) is 79.0 Å². The Labute approximate surface area is 232 Å². The number of rotatable bonds is 5. The quantitative estimate of drug-likeness (QED) is 0.599. The summed E-state index contributed by atoms with van der Waals surface area (Å²) in [7, 11) is 0. The molecule has 0 aliphatic carbocycles. The third kappa shape index (κ3) is 8.57. The zero-order valence-corrected chi connectivity index (χ0v) is 23.7. The van der Waals surface area contributed by atoms with Gasteiger partial charge in [-0.2, -0.15) is 0 Å². The van der Waals surface area contributed by atoms with E-state index < -0.39 is 0 Å². The van der Waals surface area contributed by atoms with E-state index >= 15 is 0 Å². The summed E-state index contributed by atoms with van der Waals surface area (Å²) in [5.41, 5.74) is 1.82. The van der Waals surface area contributed by atoms with E-state index in [4.69, 9.17) is 4.74 Å². The maximum absolute atomic E-state index is 13.5. The average Bonchev–Trinajstić information content (AvgIpc) is 2.91. The molecule has 4 rings (SSSR count). The molecular weight excluding hydrogens is 490 g/mol. The van der Waals surface area contributed by atoms with Gasteiger partial charge in [0.2, 0.25) is 17.7 Å². The Morgan fingerprint density at radius 2 is 1.74 bits per heavy atom. The second-order valence-corrected chi connectivity index (χ2v) is 12.2. The van der Waals surface area contributed by atoms with E-state index in [1.807, 2.05) is 80.3 Å². The first-order chi connectivity index (χ1) is 18.7. The van der Waals surface area contributed by atoms with Crippen LogP contribution in [-0.4, -0.2) is 53.8 Å². The SMILES string of the molecule is CC(C)(C)CC(=O)N1CC(=O)N2CC[C@@H](CC(=O)NCc3ccccc3)[C@@H](CCCOc3ccccc3C1)C2. The first kappa shape index (κ1) is 28.7. The Bertz CT molecular complexity index is 1130. The van der Waals surface area contributed by atoms with Gasteiger partial charge in [0.05, 0.1) is 6.61 Å². The van der Waals surface area contributed by atoms with Gasteiger partial charge in [-0.1, -0.05) is 69.3 Å². The normalized spacial score (nSPS) is 20.5. The molecule has 1 saturated heterocycles. The van der Waals surface area contributed by atoms with Gasteiger partial charge in [-0.25, -0.2) is 0 Å². The fourth-order valence-electron chi connectivity index (χ4n) is 5.58. The zero-order valence-electron chi connectivity index (χ0n) is 23.7. The van der Waals surface area contributed by atoms with Crippen molar-refractivity contribution >= 4 is 17.7 Å². The van der Waals surface area contributed by atoms with Crippen LogP contribution in [0, 0.1) is 17.3 Å². The number of piperidine rings is 1. The van der Waals surface area contributed by atoms with Crippen LogP contribution in [0.2, 0.25) is 0 Å². The number of benzene rings is 2. The van der Waals surface area contributed by atoms with Crippen LogP contribution in [0.1, 0.15) is 64.0 Å². The largest absolute Gasteiger partial charge is 0.493 e. The van der Waals surface area contributed by atoms with Crippen LogP contribution in [-0.2, 0) is 27.5 Å². The number of carbonyl (C=O) groups is 3. The Balaban J connectivity index is 1.47. The van der Waals surface area contributed by atoms with Crippen molar-refractivity contribution in [3.63, 3.8) is 0 Å². The summed E-state index contributed by atoms with van der Waals surface area (Å²) in [4.78, 5) is 43.3. The second-order valence-electron chi connectivity index (χ2n) is 12.2. The molecule has 2 aromatic carbocycles. The molecule has 2 atom stereocenters. The lowest BCUT2D eigenvalue weighted by Gasteiger charge is -2.39. The highest BCUT2D eigenvalue weighted by atomic mass is 16.5. The maximum Gasteiger partial charge on any atom is 0.242 e. The minimum absolute atomic E-state index is 0.0214. The number of amides is 3. The van der Waals surface area contributed by atoms with Crippen molar-refractivity contribution in [1.82, 2.24) is 15.1 Å². The average molecular weight is 534 g/mol. The van der Waals surface area contributed by atoms with Gasteiger partial charge in [0, 0.05) is 44.6 Å². The molecule has 1 fully saturated rings. The van der Waals surface area contributed by atoms with Gasteiger partial charge in [-0.05, 0) is 48.1 Å². The fraction of sp³-hybridized carbons (Fsp3) is 0.531. The summed E-state index contributed by atoms with van der Waals surface area (Å²) >= 11 is 0. The molecule has 2 aliphatic rings. The third-order valence-electron chi connectivity index (χ3n) is 7.70. The van der Waals surface area contributed by atoms with E-state index in [2.05, 4.69) is 5.32 Å². The van der Waals surface area contributed by atoms with E-state index in [0.717, 1.165) is 36.1 Å². The van der Waals surface area contributed by atoms with Gasteiger partial charge < -0.3 is 19.9 Å². The van der Waals surface area contributed by atoms with Crippen molar-refractivity contribution in [3.8, 4) is 5.75 Å². The molecular formula is C32H43N3O4. The highest BCUT2D eigenvalue weighted by Crippen LogP contribution is 2.31. The maximum atomic E-state index is 13.5. The Morgan fingerprint density at radius 1 is 1.00 bits per heavy atom. The monoisotopic (exact) mass is 533 g/mol. The predicted molar refractivity (Wildman–Crippen MR) is 152 cm³/mol. The van der Waals surface area contributed by atoms with Crippen LogP contribution in [0.5, 0.6) is 5.75 Å². The number of nitrogens with one attached hydrogen (secondary N) is 1. The van der Waals surface area contributed by atoms with E-state index in [1.165, 1.54) is 0 Å². The van der Waals surface area contributed by atoms with E-state index in [-0.39, 0.29) is 41.5 Å². The molecule has 0 aromatic heterocycles. The summed E-state index contributed by atoms with van der Waals surface area (Å²) in [6.45, 7) is 8.82. The van der Waals surface area contributed by atoms with E-state index in [0.29, 0.717) is 45.6 Å². The van der Waals surface area contributed by atoms with Crippen LogP contribution >= 0.6 is 0 Å². The number of ether oxygens (including phenoxy) is 1. The first-order valence-electron chi connectivity index (χ1n) is 14.2. The summed E-state index contributed by atoms with van der Waals surface area (Å²) in [6.07, 6.45) is 3.34. The van der Waals surface area contributed by atoms with E-state index in [9.17, 15) is 14.4 Å². The van der Waals surface area contributed by atoms with Crippen LogP contribution in [0.3, 0.4) is 0 Å². The molecule has 0 spiro atoms. The van der Waals surface area contributed by atoms with Crippen LogP contribution in [0.4, 0.5) is 0 Å². The summed E-state index contributed by atoms with van der Waals surface area (Å²) in [5, 5.41) is 3.07. The lowest BCUT2D eigenvalue weighted by Crippen LogP contribution is -2.49. The van der Waals surface area contributed by atoms with Crippen LogP contribution in [0.15, 0.2) is 54.6 Å². The summed E-state index contributed by atoms with van der Waals surface area (Å²) in [6, 6.07) is 17.7. The number of nitrogens with zero attached hydrogens (tertiary/aromatic N) is 2. The van der Waals surface area contributed by atoms with Gasteiger partial charge in [0.25, 0.3) is 0 Å². The van der Waals surface area contributed by atoms with Crippen molar-refractivity contribution in [2.45, 2.75) is 66.0 Å². The highest BCUT2D eigenvalue weighted by molar-refractivity contribution is 5.85. The minimum Gasteiger partial charge on any atom is -0.493 e. The second kappa shape index (κ2) is 13.1. The Morgan fingerprint density at radius 3 is 2.51 bits per heavy atom. The van der Waals surface area contributed by atoms with Crippen molar-refractivity contribution in [3.05, 3.63) is 65.7 Å². The van der Waals surface area contributed by atoms with Crippen molar-refractivity contribution in [1.29, 1.82) is 0 Å². The molecule has 210 valence electrons. The molecule has 2 aliphatic heterocycles. The molecule has 0 radical (unpaired) electrons. The van der Waals surface area contributed by atoms with E-state index in [1.54, 1.807) is 4.90 Å². The number of hydrogen-bond acceptors (Lipinski definition) is 4. The zero-order chi connectivity index (χ0) is 27.8. The molecule has 1 N–H and O–H groups in total. The van der Waals surface area contributed by atoms with Gasteiger partial charge in [0.1, 0.15) is 12.3 Å². The first-order valence-corrected chi connectivity index (χ1v) is 14.2. The minimum atomic E-state index is -0.179. The lowest BCUT2D eigenvalue weighted by atomic mass is 9.80. The molecule has 7 nitrogen and oxygen atoms in total. The molecule has 2 bridgehead atoms. The Hall–Kier alpha value is -3.35. The number of hydrogen-bond donors (Lipinski definition) is 1. The predicted octanol–water partition coefficient (Wildman–Crippen LogP) is 4.80. The fourth-order valence-corrected chi connectivity index (χ4v) is 5.58.